The number of nitrogens with one attached hydrogen (secondary N) is 2. The van der Waals surface area contributed by atoms with E-state index in [1.807, 2.05) is 54.6 Å². The summed E-state index contributed by atoms with van der Waals surface area (Å²) in [7, 11) is 1.62. The second kappa shape index (κ2) is 10.5. The molecule has 0 saturated heterocycles. The highest BCUT2D eigenvalue weighted by molar-refractivity contribution is 8.00. The number of benzene rings is 2. The van der Waals surface area contributed by atoms with Crippen molar-refractivity contribution in [2.75, 3.05) is 12.4 Å². The molecule has 2 aromatic carbocycles. The molecule has 0 radical (unpaired) electrons. The summed E-state index contributed by atoms with van der Waals surface area (Å²) in [4.78, 5) is 17.8. The molecule has 1 unspecified atom stereocenters. The van der Waals surface area contributed by atoms with Crippen LogP contribution in [0.1, 0.15) is 48.7 Å². The fraction of sp³-hybridized carbons (Fsp3) is 0.375. The average molecular weight is 437 g/mol. The maximum Gasteiger partial charge on any atom is 0.242 e. The molecule has 1 saturated carbocycles. The lowest BCUT2D eigenvalue weighted by molar-refractivity contribution is -0.115. The van der Waals surface area contributed by atoms with Gasteiger partial charge in [-0.1, -0.05) is 67.8 Å². The molecule has 1 aliphatic carbocycles. The van der Waals surface area contributed by atoms with Crippen molar-refractivity contribution in [1.82, 2.24) is 15.2 Å². The predicted molar refractivity (Wildman–Crippen MR) is 123 cm³/mol. The number of carbonyl (C=O) groups excluding carboxylic acids is 1. The van der Waals surface area contributed by atoms with Crippen LogP contribution < -0.4 is 10.1 Å². The molecule has 31 heavy (non-hydrogen) atoms. The molecular formula is C24H28N4O2S. The number of anilines is 1. The highest BCUT2D eigenvalue weighted by Crippen LogP contribution is 2.35. The van der Waals surface area contributed by atoms with E-state index in [0.717, 1.165) is 41.6 Å². The number of aromatic amines is 1. The number of amides is 1. The van der Waals surface area contributed by atoms with E-state index >= 15 is 0 Å². The minimum atomic E-state index is -0.457. The van der Waals surface area contributed by atoms with E-state index in [0.29, 0.717) is 5.16 Å². The van der Waals surface area contributed by atoms with Crippen molar-refractivity contribution in [1.29, 1.82) is 0 Å². The number of hydrogen-bond acceptors (Lipinski definition) is 5. The van der Waals surface area contributed by atoms with Gasteiger partial charge < -0.3 is 10.1 Å². The number of H-pyrrole nitrogens is 1. The van der Waals surface area contributed by atoms with Crippen LogP contribution in [-0.2, 0) is 11.2 Å². The first-order valence-corrected chi connectivity index (χ1v) is 11.7. The van der Waals surface area contributed by atoms with Gasteiger partial charge in [-0.3, -0.25) is 9.89 Å². The summed E-state index contributed by atoms with van der Waals surface area (Å²) in [6.45, 7) is 0. The van der Waals surface area contributed by atoms with Gasteiger partial charge in [0.05, 0.1) is 7.11 Å². The molecule has 2 N–H and O–H groups in total. The minimum Gasteiger partial charge on any atom is -0.497 e. The standard InChI is InChI=1S/C24H28N4O2S/c1-30-20-14-12-19(13-15-20)25-23(29)22(18-9-3-2-4-10-18)31-24-26-21(27-28-24)16-11-17-7-5-6-8-17/h2-4,9-10,12-15,17,22H,5-8,11,16H2,1H3,(H,25,29)(H,26,27,28). The summed E-state index contributed by atoms with van der Waals surface area (Å²) in [5.41, 5.74) is 1.63. The predicted octanol–water partition coefficient (Wildman–Crippen LogP) is 5.41. The molecule has 7 heteroatoms. The third-order valence-corrected chi connectivity index (χ3v) is 6.81. The molecule has 0 bridgehead atoms. The number of ether oxygens (including phenoxy) is 1. The Balaban J connectivity index is 1.44. The Bertz CT molecular complexity index is 969. The lowest BCUT2D eigenvalue weighted by Crippen LogP contribution is -2.19. The lowest BCUT2D eigenvalue weighted by Gasteiger charge is -2.15. The van der Waals surface area contributed by atoms with Crippen LogP contribution in [0.25, 0.3) is 0 Å². The molecule has 1 fully saturated rings. The van der Waals surface area contributed by atoms with Gasteiger partial charge in [0.1, 0.15) is 16.8 Å². The topological polar surface area (TPSA) is 79.9 Å². The Kier molecular flexibility index (Phi) is 7.25. The quantitative estimate of drug-likeness (QED) is 0.439. The van der Waals surface area contributed by atoms with Crippen LogP contribution in [0.15, 0.2) is 59.8 Å². The summed E-state index contributed by atoms with van der Waals surface area (Å²) >= 11 is 1.37. The highest BCUT2D eigenvalue weighted by Gasteiger charge is 2.24. The Morgan fingerprint density at radius 2 is 1.90 bits per heavy atom. The van der Waals surface area contributed by atoms with Crippen LogP contribution in [0.4, 0.5) is 5.69 Å². The first kappa shape index (κ1) is 21.4. The zero-order chi connectivity index (χ0) is 21.5. The van der Waals surface area contributed by atoms with Gasteiger partial charge in [-0.25, -0.2) is 4.98 Å². The number of rotatable bonds is 9. The van der Waals surface area contributed by atoms with E-state index in [9.17, 15) is 4.79 Å². The van der Waals surface area contributed by atoms with Gasteiger partial charge in [0.2, 0.25) is 11.1 Å². The van der Waals surface area contributed by atoms with E-state index in [2.05, 4.69) is 20.5 Å². The SMILES string of the molecule is COc1ccc(NC(=O)C(Sc2n[nH]c(CCC3CCCC3)n2)c2ccccc2)cc1. The largest absolute Gasteiger partial charge is 0.497 e. The number of carbonyl (C=O) groups is 1. The van der Waals surface area contributed by atoms with Crippen LogP contribution in [0.5, 0.6) is 5.75 Å². The first-order valence-electron chi connectivity index (χ1n) is 10.8. The van der Waals surface area contributed by atoms with Gasteiger partial charge in [0, 0.05) is 12.1 Å². The molecule has 1 aliphatic rings. The number of hydrogen-bond donors (Lipinski definition) is 2. The first-order chi connectivity index (χ1) is 15.2. The fourth-order valence-corrected chi connectivity index (χ4v) is 4.90. The molecule has 1 aromatic heterocycles. The molecule has 1 atom stereocenters. The summed E-state index contributed by atoms with van der Waals surface area (Å²) < 4.78 is 5.19. The Hall–Kier alpha value is -2.80. The van der Waals surface area contributed by atoms with Crippen molar-refractivity contribution in [3.8, 4) is 5.75 Å². The zero-order valence-electron chi connectivity index (χ0n) is 17.7. The molecular weight excluding hydrogens is 408 g/mol. The molecule has 4 rings (SSSR count). The summed E-state index contributed by atoms with van der Waals surface area (Å²) in [5.74, 6) is 2.35. The Morgan fingerprint density at radius 1 is 1.16 bits per heavy atom. The maximum absolute atomic E-state index is 13.1. The fourth-order valence-electron chi connectivity index (χ4n) is 3.97. The second-order valence-electron chi connectivity index (χ2n) is 7.88. The van der Waals surface area contributed by atoms with Gasteiger partial charge in [0.25, 0.3) is 0 Å². The van der Waals surface area contributed by atoms with Crippen LogP contribution >= 0.6 is 11.8 Å². The van der Waals surface area contributed by atoms with Crippen molar-refractivity contribution in [3.05, 3.63) is 66.0 Å². The smallest absolute Gasteiger partial charge is 0.242 e. The van der Waals surface area contributed by atoms with E-state index in [4.69, 9.17) is 4.74 Å². The third kappa shape index (κ3) is 5.88. The lowest BCUT2D eigenvalue weighted by atomic mass is 10.0. The molecule has 0 spiro atoms. The summed E-state index contributed by atoms with van der Waals surface area (Å²) in [5, 5.41) is 10.6. The van der Waals surface area contributed by atoms with Crippen molar-refractivity contribution in [2.45, 2.75) is 48.9 Å². The maximum atomic E-state index is 13.1. The van der Waals surface area contributed by atoms with E-state index in [1.165, 1.54) is 37.4 Å². The van der Waals surface area contributed by atoms with Crippen molar-refractivity contribution in [2.24, 2.45) is 5.92 Å². The van der Waals surface area contributed by atoms with E-state index in [1.54, 1.807) is 7.11 Å². The Labute approximate surface area is 187 Å². The van der Waals surface area contributed by atoms with E-state index in [-0.39, 0.29) is 5.91 Å². The van der Waals surface area contributed by atoms with Gasteiger partial charge in [-0.05, 0) is 42.2 Å². The van der Waals surface area contributed by atoms with Crippen molar-refractivity contribution < 1.29 is 9.53 Å². The van der Waals surface area contributed by atoms with Crippen LogP contribution in [0.2, 0.25) is 0 Å². The van der Waals surface area contributed by atoms with Gasteiger partial charge in [-0.2, -0.15) is 0 Å². The molecule has 1 heterocycles. The average Bonchev–Trinajstić information content (AvgIpc) is 3.49. The van der Waals surface area contributed by atoms with Crippen LogP contribution in [0.3, 0.4) is 0 Å². The minimum absolute atomic E-state index is 0.112. The number of methoxy groups -OCH3 is 1. The molecule has 162 valence electrons. The van der Waals surface area contributed by atoms with Gasteiger partial charge in [-0.15, -0.1) is 5.10 Å². The van der Waals surface area contributed by atoms with Gasteiger partial charge in [0.15, 0.2) is 0 Å². The van der Waals surface area contributed by atoms with Crippen molar-refractivity contribution >= 4 is 23.4 Å². The highest BCUT2D eigenvalue weighted by atomic mass is 32.2. The normalized spacial score (nSPS) is 15.0. The number of aromatic nitrogens is 3. The Morgan fingerprint density at radius 3 is 2.61 bits per heavy atom. The molecule has 1 amide bonds. The van der Waals surface area contributed by atoms with E-state index < -0.39 is 5.25 Å². The monoisotopic (exact) mass is 436 g/mol. The third-order valence-electron chi connectivity index (χ3n) is 5.70. The number of thioether (sulfide) groups is 1. The molecule has 3 aromatic rings. The number of nitrogens with zero attached hydrogens (tertiary/aromatic N) is 2. The number of aryl methyl sites for hydroxylation is 1. The molecule has 6 nitrogen and oxygen atoms in total. The molecule has 0 aliphatic heterocycles. The van der Waals surface area contributed by atoms with Crippen LogP contribution in [-0.4, -0.2) is 28.2 Å². The van der Waals surface area contributed by atoms with Gasteiger partial charge >= 0.3 is 0 Å². The van der Waals surface area contributed by atoms with Crippen LogP contribution in [0, 0.1) is 5.92 Å². The summed E-state index contributed by atoms with van der Waals surface area (Å²) in [6, 6.07) is 17.1. The zero-order valence-corrected chi connectivity index (χ0v) is 18.5. The summed E-state index contributed by atoms with van der Waals surface area (Å²) in [6.07, 6.45) is 7.43. The second-order valence-corrected chi connectivity index (χ2v) is 8.95. The van der Waals surface area contributed by atoms with Crippen molar-refractivity contribution in [3.63, 3.8) is 0 Å².